The standard InChI is InChI=1S/C14H25N3/c1-2-15-10-14-11-16-12-17(14)13-8-6-4-3-5-7-9-13/h11-13,15H,2-10H2,1H3. The molecule has 1 aromatic heterocycles. The first kappa shape index (κ1) is 12.6. The van der Waals surface area contributed by atoms with E-state index in [1.165, 1.54) is 50.6 Å². The molecule has 1 aromatic rings. The molecule has 0 saturated heterocycles. The van der Waals surface area contributed by atoms with Crippen molar-refractivity contribution in [2.75, 3.05) is 6.54 Å². The van der Waals surface area contributed by atoms with Crippen molar-refractivity contribution in [3.63, 3.8) is 0 Å². The van der Waals surface area contributed by atoms with E-state index in [2.05, 4.69) is 21.8 Å². The van der Waals surface area contributed by atoms with Crippen LogP contribution in [0.2, 0.25) is 0 Å². The highest BCUT2D eigenvalue weighted by Gasteiger charge is 2.15. The molecule has 96 valence electrons. The average Bonchev–Trinajstić information content (AvgIpc) is 2.74. The van der Waals surface area contributed by atoms with Gasteiger partial charge in [0.2, 0.25) is 0 Å². The van der Waals surface area contributed by atoms with Crippen LogP contribution in [0.5, 0.6) is 0 Å². The number of hydrogen-bond acceptors (Lipinski definition) is 2. The average molecular weight is 235 g/mol. The fourth-order valence-electron chi connectivity index (χ4n) is 2.76. The molecule has 0 amide bonds. The van der Waals surface area contributed by atoms with E-state index in [-0.39, 0.29) is 0 Å². The molecule has 2 rings (SSSR count). The molecule has 1 aliphatic carbocycles. The number of nitrogens with zero attached hydrogens (tertiary/aromatic N) is 2. The monoisotopic (exact) mass is 235 g/mol. The SMILES string of the molecule is CCNCc1cncn1C1CCCCCCC1. The molecule has 3 nitrogen and oxygen atoms in total. The summed E-state index contributed by atoms with van der Waals surface area (Å²) in [5.74, 6) is 0. The molecule has 0 unspecified atom stereocenters. The van der Waals surface area contributed by atoms with Crippen LogP contribution < -0.4 is 5.32 Å². The van der Waals surface area contributed by atoms with Crippen LogP contribution in [-0.2, 0) is 6.54 Å². The second kappa shape index (κ2) is 6.80. The summed E-state index contributed by atoms with van der Waals surface area (Å²) in [5, 5.41) is 3.40. The molecule has 0 atom stereocenters. The summed E-state index contributed by atoms with van der Waals surface area (Å²) in [6.45, 7) is 4.12. The van der Waals surface area contributed by atoms with Gasteiger partial charge in [0, 0.05) is 18.8 Å². The molecule has 1 heterocycles. The van der Waals surface area contributed by atoms with Crippen LogP contribution in [-0.4, -0.2) is 16.1 Å². The maximum atomic E-state index is 4.33. The first-order chi connectivity index (χ1) is 8.42. The third kappa shape index (κ3) is 3.56. The quantitative estimate of drug-likeness (QED) is 0.868. The van der Waals surface area contributed by atoms with Gasteiger partial charge in [-0.15, -0.1) is 0 Å². The van der Waals surface area contributed by atoms with Crippen molar-refractivity contribution in [1.82, 2.24) is 14.9 Å². The largest absolute Gasteiger partial charge is 0.330 e. The lowest BCUT2D eigenvalue weighted by Crippen LogP contribution is -2.18. The Bertz CT molecular complexity index is 311. The molecule has 1 fully saturated rings. The lowest BCUT2D eigenvalue weighted by Gasteiger charge is -2.23. The van der Waals surface area contributed by atoms with Gasteiger partial charge >= 0.3 is 0 Å². The van der Waals surface area contributed by atoms with Crippen molar-refractivity contribution < 1.29 is 0 Å². The van der Waals surface area contributed by atoms with E-state index in [9.17, 15) is 0 Å². The maximum Gasteiger partial charge on any atom is 0.0951 e. The van der Waals surface area contributed by atoms with Gasteiger partial charge in [-0.25, -0.2) is 4.98 Å². The van der Waals surface area contributed by atoms with Gasteiger partial charge in [0.25, 0.3) is 0 Å². The topological polar surface area (TPSA) is 29.9 Å². The molecule has 0 radical (unpaired) electrons. The van der Waals surface area contributed by atoms with Gasteiger partial charge in [-0.3, -0.25) is 0 Å². The van der Waals surface area contributed by atoms with Crippen molar-refractivity contribution in [2.24, 2.45) is 0 Å². The molecule has 3 heteroatoms. The first-order valence-corrected chi connectivity index (χ1v) is 7.13. The summed E-state index contributed by atoms with van der Waals surface area (Å²) in [6.07, 6.45) is 13.7. The number of aromatic nitrogens is 2. The van der Waals surface area contributed by atoms with Gasteiger partial charge in [0.05, 0.1) is 12.0 Å². The van der Waals surface area contributed by atoms with E-state index in [0.717, 1.165) is 13.1 Å². The van der Waals surface area contributed by atoms with Crippen LogP contribution in [0.3, 0.4) is 0 Å². The van der Waals surface area contributed by atoms with Gasteiger partial charge in [0.1, 0.15) is 0 Å². The molecule has 1 aliphatic rings. The second-order valence-electron chi connectivity index (χ2n) is 5.07. The van der Waals surface area contributed by atoms with Crippen LogP contribution >= 0.6 is 0 Å². The highest BCUT2D eigenvalue weighted by molar-refractivity contribution is 5.00. The fraction of sp³-hybridized carbons (Fsp3) is 0.786. The minimum Gasteiger partial charge on any atom is -0.330 e. The molecule has 1 saturated carbocycles. The summed E-state index contributed by atoms with van der Waals surface area (Å²) >= 11 is 0. The Hall–Kier alpha value is -0.830. The molecule has 17 heavy (non-hydrogen) atoms. The highest BCUT2D eigenvalue weighted by Crippen LogP contribution is 2.27. The Labute approximate surface area is 105 Å². The third-order valence-corrected chi connectivity index (χ3v) is 3.77. The van der Waals surface area contributed by atoms with Crippen LogP contribution in [0.15, 0.2) is 12.5 Å². The Kier molecular flexibility index (Phi) is 5.05. The fourth-order valence-corrected chi connectivity index (χ4v) is 2.76. The molecule has 0 bridgehead atoms. The van der Waals surface area contributed by atoms with Crippen molar-refractivity contribution in [1.29, 1.82) is 0 Å². The Balaban J connectivity index is 2.00. The van der Waals surface area contributed by atoms with E-state index in [1.807, 2.05) is 12.5 Å². The van der Waals surface area contributed by atoms with Crippen molar-refractivity contribution >= 4 is 0 Å². The van der Waals surface area contributed by atoms with E-state index in [0.29, 0.717) is 6.04 Å². The van der Waals surface area contributed by atoms with E-state index in [1.54, 1.807) is 0 Å². The van der Waals surface area contributed by atoms with Gasteiger partial charge in [-0.05, 0) is 19.4 Å². The smallest absolute Gasteiger partial charge is 0.0951 e. The van der Waals surface area contributed by atoms with Crippen LogP contribution in [0.4, 0.5) is 0 Å². The predicted molar refractivity (Wildman–Crippen MR) is 71.0 cm³/mol. The normalized spacial score (nSPS) is 18.9. The molecule has 0 aliphatic heterocycles. The zero-order valence-corrected chi connectivity index (χ0v) is 11.0. The number of hydrogen-bond donors (Lipinski definition) is 1. The third-order valence-electron chi connectivity index (χ3n) is 3.77. The van der Waals surface area contributed by atoms with E-state index >= 15 is 0 Å². The predicted octanol–water partition coefficient (Wildman–Crippen LogP) is 3.28. The molecular formula is C14H25N3. The minimum atomic E-state index is 0.687. The summed E-state index contributed by atoms with van der Waals surface area (Å²) < 4.78 is 2.41. The summed E-state index contributed by atoms with van der Waals surface area (Å²) in [7, 11) is 0. The number of nitrogens with one attached hydrogen (secondary N) is 1. The van der Waals surface area contributed by atoms with Crippen molar-refractivity contribution in [2.45, 2.75) is 64.5 Å². The van der Waals surface area contributed by atoms with Crippen LogP contribution in [0, 0.1) is 0 Å². The van der Waals surface area contributed by atoms with Crippen molar-refractivity contribution in [3.8, 4) is 0 Å². The Morgan fingerprint density at radius 2 is 1.94 bits per heavy atom. The zero-order valence-electron chi connectivity index (χ0n) is 11.0. The van der Waals surface area contributed by atoms with Crippen molar-refractivity contribution in [3.05, 3.63) is 18.2 Å². The summed E-state index contributed by atoms with van der Waals surface area (Å²) in [4.78, 5) is 4.33. The van der Waals surface area contributed by atoms with Gasteiger partial charge in [-0.1, -0.05) is 39.0 Å². The minimum absolute atomic E-state index is 0.687. The first-order valence-electron chi connectivity index (χ1n) is 7.13. The maximum absolute atomic E-state index is 4.33. The van der Waals surface area contributed by atoms with Gasteiger partial charge < -0.3 is 9.88 Å². The summed E-state index contributed by atoms with van der Waals surface area (Å²) in [6, 6.07) is 0.687. The highest BCUT2D eigenvalue weighted by atomic mass is 15.1. The summed E-state index contributed by atoms with van der Waals surface area (Å²) in [5.41, 5.74) is 1.34. The van der Waals surface area contributed by atoms with E-state index < -0.39 is 0 Å². The second-order valence-corrected chi connectivity index (χ2v) is 5.07. The Morgan fingerprint density at radius 1 is 1.24 bits per heavy atom. The molecule has 0 spiro atoms. The molecule has 1 N–H and O–H groups in total. The number of imidazole rings is 1. The Morgan fingerprint density at radius 3 is 2.65 bits per heavy atom. The van der Waals surface area contributed by atoms with E-state index in [4.69, 9.17) is 0 Å². The lowest BCUT2D eigenvalue weighted by atomic mass is 9.96. The molecule has 0 aromatic carbocycles. The van der Waals surface area contributed by atoms with Crippen LogP contribution in [0.25, 0.3) is 0 Å². The molecular weight excluding hydrogens is 210 g/mol. The van der Waals surface area contributed by atoms with Gasteiger partial charge in [0.15, 0.2) is 0 Å². The zero-order chi connectivity index (χ0) is 11.9. The lowest BCUT2D eigenvalue weighted by molar-refractivity contribution is 0.363. The number of rotatable bonds is 4. The van der Waals surface area contributed by atoms with Crippen LogP contribution in [0.1, 0.15) is 63.6 Å². The van der Waals surface area contributed by atoms with Gasteiger partial charge in [-0.2, -0.15) is 0 Å².